The summed E-state index contributed by atoms with van der Waals surface area (Å²) in [4.78, 5) is 15.1. The number of nitrogens with one attached hydrogen (secondary N) is 2. The van der Waals surface area contributed by atoms with Crippen LogP contribution in [0, 0.1) is 23.2 Å². The first-order chi connectivity index (χ1) is 10.1. The molecular weight excluding hydrogens is 264 g/mol. The molecule has 4 N–H and O–H groups in total. The van der Waals surface area contributed by atoms with Gasteiger partial charge in [-0.3, -0.25) is 10.2 Å². The van der Waals surface area contributed by atoms with Gasteiger partial charge in [0.2, 0.25) is 5.91 Å². The molecule has 0 saturated heterocycles. The molecule has 1 heterocycles. The number of benzene rings is 1. The third-order valence-corrected chi connectivity index (χ3v) is 3.54. The largest absolute Gasteiger partial charge is 0.361 e. The van der Waals surface area contributed by atoms with Gasteiger partial charge in [0.05, 0.1) is 11.6 Å². The van der Waals surface area contributed by atoms with E-state index < -0.39 is 0 Å². The summed E-state index contributed by atoms with van der Waals surface area (Å²) in [5.41, 5.74) is 4.73. The molecule has 0 spiro atoms. The second-order valence-corrected chi connectivity index (χ2v) is 5.47. The first-order valence-corrected chi connectivity index (χ1v) is 6.85. The van der Waals surface area contributed by atoms with Crippen LogP contribution in [0.5, 0.6) is 0 Å². The maximum Gasteiger partial charge on any atom is 0.237 e. The van der Waals surface area contributed by atoms with Crippen molar-refractivity contribution in [3.8, 4) is 6.07 Å². The standard InChI is InChI=1S/C16H19N4O/c1-10(2)6-12(16(21)20-18)7-13-9-19-14-5-3-4-11(8-17)15(13)14/h3-5,9,12,19H,6-7,18H2,1-2H3,(H,20,21). The van der Waals surface area contributed by atoms with E-state index in [2.05, 4.69) is 16.5 Å². The van der Waals surface area contributed by atoms with Crippen LogP contribution in [-0.4, -0.2) is 10.9 Å². The molecule has 109 valence electrons. The van der Waals surface area contributed by atoms with Crippen LogP contribution in [0.15, 0.2) is 24.4 Å². The van der Waals surface area contributed by atoms with Crippen molar-refractivity contribution in [1.82, 2.24) is 10.4 Å². The molecule has 0 aliphatic rings. The number of H-pyrrole nitrogens is 1. The molecule has 5 heteroatoms. The zero-order valence-corrected chi connectivity index (χ0v) is 12.2. The molecule has 0 aliphatic carbocycles. The fraction of sp³-hybridized carbons (Fsp3) is 0.312. The fourth-order valence-electron chi connectivity index (χ4n) is 2.64. The zero-order valence-electron chi connectivity index (χ0n) is 12.2. The lowest BCUT2D eigenvalue weighted by molar-refractivity contribution is -0.125. The number of fused-ring (bicyclic) bond motifs is 1. The van der Waals surface area contributed by atoms with E-state index >= 15 is 0 Å². The summed E-state index contributed by atoms with van der Waals surface area (Å²) in [5.74, 6) is 6.04. The number of carbonyl (C=O) groups excluding carboxylic acids is 1. The van der Waals surface area contributed by atoms with Crippen LogP contribution in [0.3, 0.4) is 0 Å². The van der Waals surface area contributed by atoms with E-state index in [0.717, 1.165) is 16.5 Å². The van der Waals surface area contributed by atoms with Gasteiger partial charge >= 0.3 is 0 Å². The van der Waals surface area contributed by atoms with Crippen LogP contribution in [0.2, 0.25) is 0 Å². The summed E-state index contributed by atoms with van der Waals surface area (Å²) in [6, 6.07) is 7.76. The maximum atomic E-state index is 11.9. The number of hydrazine groups is 1. The van der Waals surface area contributed by atoms with Crippen molar-refractivity contribution < 1.29 is 4.79 Å². The van der Waals surface area contributed by atoms with E-state index in [1.807, 2.05) is 32.2 Å². The monoisotopic (exact) mass is 283 g/mol. The number of nitriles is 1. The van der Waals surface area contributed by atoms with Crippen LogP contribution in [0.1, 0.15) is 31.4 Å². The maximum absolute atomic E-state index is 11.9. The van der Waals surface area contributed by atoms with Gasteiger partial charge < -0.3 is 4.98 Å². The molecule has 0 fully saturated rings. The first kappa shape index (κ1) is 15.1. The number of rotatable bonds is 5. The molecule has 5 nitrogen and oxygen atoms in total. The summed E-state index contributed by atoms with van der Waals surface area (Å²) in [6.45, 7) is 3.99. The highest BCUT2D eigenvalue weighted by Gasteiger charge is 2.21. The lowest BCUT2D eigenvalue weighted by Crippen LogP contribution is -2.37. The van der Waals surface area contributed by atoms with Gasteiger partial charge in [-0.15, -0.1) is 0 Å². The van der Waals surface area contributed by atoms with E-state index in [4.69, 9.17) is 5.84 Å². The summed E-state index contributed by atoms with van der Waals surface area (Å²) in [5, 5.41) is 10.1. The Bertz CT molecular complexity index is 681. The molecule has 1 unspecified atom stereocenters. The molecular formula is C16H19N4O. The number of hydrogen-bond acceptors (Lipinski definition) is 3. The molecule has 0 saturated carbocycles. The second-order valence-electron chi connectivity index (χ2n) is 5.47. The number of aromatic amines is 1. The Kier molecular flexibility index (Phi) is 4.61. The molecule has 1 amide bonds. The van der Waals surface area contributed by atoms with Gasteiger partial charge in [-0.2, -0.15) is 5.26 Å². The van der Waals surface area contributed by atoms with Gasteiger partial charge in [0, 0.05) is 23.0 Å². The number of hydrogen-bond donors (Lipinski definition) is 3. The minimum absolute atomic E-state index is 0.181. The van der Waals surface area contributed by atoms with Crippen LogP contribution in [0.4, 0.5) is 0 Å². The third kappa shape index (κ3) is 3.23. The SMILES string of the molecule is C[C](C)CC(Cc1c[nH]c2cccc(C#N)c12)C(=O)NN. The van der Waals surface area contributed by atoms with Crippen molar-refractivity contribution in [3.05, 3.63) is 41.4 Å². The zero-order chi connectivity index (χ0) is 15.4. The van der Waals surface area contributed by atoms with Crippen LogP contribution < -0.4 is 11.3 Å². The lowest BCUT2D eigenvalue weighted by atomic mass is 9.89. The Morgan fingerprint density at radius 1 is 1.48 bits per heavy atom. The average molecular weight is 283 g/mol. The number of nitrogens with zero attached hydrogens (tertiary/aromatic N) is 1. The highest BCUT2D eigenvalue weighted by molar-refractivity contribution is 5.89. The number of carbonyl (C=O) groups is 1. The Balaban J connectivity index is 2.37. The Labute approximate surface area is 124 Å². The molecule has 1 radical (unpaired) electrons. The van der Waals surface area contributed by atoms with E-state index in [1.165, 1.54) is 5.92 Å². The molecule has 0 bridgehead atoms. The molecule has 1 atom stereocenters. The first-order valence-electron chi connectivity index (χ1n) is 6.85. The molecule has 0 aliphatic heterocycles. The lowest BCUT2D eigenvalue weighted by Gasteiger charge is -2.16. The van der Waals surface area contributed by atoms with Crippen LogP contribution in [0.25, 0.3) is 10.9 Å². The van der Waals surface area contributed by atoms with Crippen molar-refractivity contribution >= 4 is 16.8 Å². The van der Waals surface area contributed by atoms with E-state index in [9.17, 15) is 10.1 Å². The quantitative estimate of drug-likeness (QED) is 0.446. The number of nitrogens with two attached hydrogens (primary N) is 1. The van der Waals surface area contributed by atoms with Gasteiger partial charge in [0.25, 0.3) is 0 Å². The van der Waals surface area contributed by atoms with Crippen molar-refractivity contribution in [1.29, 1.82) is 5.26 Å². The average Bonchev–Trinajstić information content (AvgIpc) is 2.88. The Morgan fingerprint density at radius 2 is 2.24 bits per heavy atom. The van der Waals surface area contributed by atoms with Gasteiger partial charge in [-0.1, -0.05) is 19.9 Å². The summed E-state index contributed by atoms with van der Waals surface area (Å²) >= 11 is 0. The highest BCUT2D eigenvalue weighted by atomic mass is 16.2. The highest BCUT2D eigenvalue weighted by Crippen LogP contribution is 2.26. The van der Waals surface area contributed by atoms with Crippen molar-refractivity contribution in [2.75, 3.05) is 0 Å². The van der Waals surface area contributed by atoms with Gasteiger partial charge in [0.15, 0.2) is 0 Å². The van der Waals surface area contributed by atoms with Crippen LogP contribution in [-0.2, 0) is 11.2 Å². The molecule has 1 aromatic heterocycles. The number of aromatic nitrogens is 1. The third-order valence-electron chi connectivity index (χ3n) is 3.54. The van der Waals surface area contributed by atoms with E-state index in [-0.39, 0.29) is 11.8 Å². The summed E-state index contributed by atoms with van der Waals surface area (Å²) in [6.07, 6.45) is 3.09. The van der Waals surface area contributed by atoms with Crippen molar-refractivity contribution in [3.63, 3.8) is 0 Å². The number of amides is 1. The molecule has 2 rings (SSSR count). The normalized spacial score (nSPS) is 12.3. The van der Waals surface area contributed by atoms with Gasteiger partial charge in [0.1, 0.15) is 0 Å². The second kappa shape index (κ2) is 6.42. The minimum Gasteiger partial charge on any atom is -0.361 e. The van der Waals surface area contributed by atoms with Crippen LogP contribution >= 0.6 is 0 Å². The Hall–Kier alpha value is -2.32. The molecule has 21 heavy (non-hydrogen) atoms. The Morgan fingerprint density at radius 3 is 2.86 bits per heavy atom. The van der Waals surface area contributed by atoms with Crippen molar-refractivity contribution in [2.45, 2.75) is 26.7 Å². The smallest absolute Gasteiger partial charge is 0.237 e. The molecule has 1 aromatic carbocycles. The van der Waals surface area contributed by atoms with E-state index in [0.29, 0.717) is 18.4 Å². The predicted octanol–water partition coefficient (Wildman–Crippen LogP) is 2.19. The summed E-state index contributed by atoms with van der Waals surface area (Å²) < 4.78 is 0. The summed E-state index contributed by atoms with van der Waals surface area (Å²) in [7, 11) is 0. The molecule has 2 aromatic rings. The van der Waals surface area contributed by atoms with Gasteiger partial charge in [-0.05, 0) is 36.5 Å². The van der Waals surface area contributed by atoms with E-state index in [1.54, 1.807) is 6.07 Å². The van der Waals surface area contributed by atoms with Gasteiger partial charge in [-0.25, -0.2) is 5.84 Å². The fourth-order valence-corrected chi connectivity index (χ4v) is 2.64. The van der Waals surface area contributed by atoms with Crippen molar-refractivity contribution in [2.24, 2.45) is 11.8 Å². The minimum atomic E-state index is -0.231. The predicted molar refractivity (Wildman–Crippen MR) is 81.7 cm³/mol. The topological polar surface area (TPSA) is 94.7 Å².